The van der Waals surface area contributed by atoms with Crippen molar-refractivity contribution in [2.45, 2.75) is 18.3 Å². The standard InChI is InChI=1S/C11H12F3NO3S/c1-7(19(2,17)18)10(16)15-9-6-4-3-5-8(9)11(12,13)14/h3-7H,1-2H3,(H,15,16). The third-order valence-corrected chi connectivity index (χ3v) is 4.00. The van der Waals surface area contributed by atoms with E-state index in [0.717, 1.165) is 25.3 Å². The van der Waals surface area contributed by atoms with Gasteiger partial charge in [0.05, 0.1) is 11.3 Å². The molecule has 19 heavy (non-hydrogen) atoms. The number of benzene rings is 1. The summed E-state index contributed by atoms with van der Waals surface area (Å²) in [5, 5.41) is 0.563. The summed E-state index contributed by atoms with van der Waals surface area (Å²) in [6.45, 7) is 1.11. The maximum Gasteiger partial charge on any atom is 0.418 e. The molecule has 0 spiro atoms. The molecule has 0 aromatic heterocycles. The van der Waals surface area contributed by atoms with E-state index in [1.54, 1.807) is 0 Å². The van der Waals surface area contributed by atoms with Crippen LogP contribution in [0.25, 0.3) is 0 Å². The van der Waals surface area contributed by atoms with Crippen LogP contribution in [0.4, 0.5) is 18.9 Å². The zero-order valence-corrected chi connectivity index (χ0v) is 11.0. The summed E-state index contributed by atoms with van der Waals surface area (Å²) >= 11 is 0. The molecule has 0 saturated heterocycles. The zero-order valence-electron chi connectivity index (χ0n) is 10.2. The number of hydrogen-bond acceptors (Lipinski definition) is 3. The molecule has 0 heterocycles. The molecule has 0 aliphatic rings. The lowest BCUT2D eigenvalue weighted by Crippen LogP contribution is -2.32. The van der Waals surface area contributed by atoms with Gasteiger partial charge in [-0.25, -0.2) is 8.42 Å². The second kappa shape index (κ2) is 5.20. The van der Waals surface area contributed by atoms with Gasteiger partial charge in [0.2, 0.25) is 5.91 Å². The van der Waals surface area contributed by atoms with E-state index in [4.69, 9.17) is 0 Å². The van der Waals surface area contributed by atoms with Crippen LogP contribution in [0.2, 0.25) is 0 Å². The molecular formula is C11H12F3NO3S. The fourth-order valence-corrected chi connectivity index (χ4v) is 1.72. The van der Waals surface area contributed by atoms with Crippen LogP contribution >= 0.6 is 0 Å². The lowest BCUT2D eigenvalue weighted by Gasteiger charge is -2.15. The highest BCUT2D eigenvalue weighted by Gasteiger charge is 2.34. The predicted molar refractivity (Wildman–Crippen MR) is 64.4 cm³/mol. The molecule has 0 fully saturated rings. The molecule has 8 heteroatoms. The highest BCUT2D eigenvalue weighted by Crippen LogP contribution is 2.34. The number of carbonyl (C=O) groups is 1. The van der Waals surface area contributed by atoms with Crippen LogP contribution in [0.5, 0.6) is 0 Å². The molecule has 1 amide bonds. The third-order valence-electron chi connectivity index (χ3n) is 2.50. The minimum absolute atomic E-state index is 0.462. The van der Waals surface area contributed by atoms with E-state index in [9.17, 15) is 26.4 Å². The molecule has 1 aromatic rings. The van der Waals surface area contributed by atoms with Gasteiger partial charge in [0.25, 0.3) is 0 Å². The van der Waals surface area contributed by atoms with Crippen LogP contribution in [0.15, 0.2) is 24.3 Å². The largest absolute Gasteiger partial charge is 0.418 e. The van der Waals surface area contributed by atoms with Gasteiger partial charge >= 0.3 is 6.18 Å². The van der Waals surface area contributed by atoms with E-state index in [1.165, 1.54) is 12.1 Å². The van der Waals surface area contributed by atoms with E-state index in [-0.39, 0.29) is 0 Å². The van der Waals surface area contributed by atoms with Gasteiger partial charge in [-0.1, -0.05) is 12.1 Å². The molecule has 0 aliphatic carbocycles. The number of carbonyl (C=O) groups excluding carboxylic acids is 1. The molecule has 1 unspecified atom stereocenters. The lowest BCUT2D eigenvalue weighted by atomic mass is 10.1. The average Bonchev–Trinajstić information content (AvgIpc) is 2.26. The van der Waals surface area contributed by atoms with Gasteiger partial charge in [-0.2, -0.15) is 13.2 Å². The summed E-state index contributed by atoms with van der Waals surface area (Å²) < 4.78 is 60.3. The topological polar surface area (TPSA) is 63.2 Å². The van der Waals surface area contributed by atoms with Crippen molar-refractivity contribution in [3.63, 3.8) is 0 Å². The molecule has 4 nitrogen and oxygen atoms in total. The number of alkyl halides is 3. The summed E-state index contributed by atoms with van der Waals surface area (Å²) in [7, 11) is -3.66. The zero-order chi connectivity index (χ0) is 14.8. The average molecular weight is 295 g/mol. The summed E-state index contributed by atoms with van der Waals surface area (Å²) in [6, 6.07) is 4.37. The van der Waals surface area contributed by atoms with Crippen LogP contribution in [0.3, 0.4) is 0 Å². The fraction of sp³-hybridized carbons (Fsp3) is 0.364. The summed E-state index contributed by atoms with van der Waals surface area (Å²) in [6.07, 6.45) is -3.79. The van der Waals surface area contributed by atoms with E-state index in [2.05, 4.69) is 0 Å². The normalized spacial score (nSPS) is 13.9. The summed E-state index contributed by atoms with van der Waals surface area (Å²) in [4.78, 5) is 11.6. The molecule has 1 N–H and O–H groups in total. The van der Waals surface area contributed by atoms with Crippen LogP contribution in [-0.4, -0.2) is 25.8 Å². The maximum atomic E-state index is 12.7. The highest BCUT2D eigenvalue weighted by atomic mass is 32.2. The van der Waals surface area contributed by atoms with Crippen molar-refractivity contribution in [1.29, 1.82) is 0 Å². The summed E-state index contributed by atoms with van der Waals surface area (Å²) in [5.41, 5.74) is -1.49. The number of anilines is 1. The Morgan fingerprint density at radius 1 is 1.26 bits per heavy atom. The number of para-hydroxylation sites is 1. The fourth-order valence-electron chi connectivity index (χ4n) is 1.27. The van der Waals surface area contributed by atoms with E-state index in [1.807, 2.05) is 5.32 Å². The Balaban J connectivity index is 3.05. The van der Waals surface area contributed by atoms with E-state index < -0.39 is 38.4 Å². The van der Waals surface area contributed by atoms with Crippen molar-refractivity contribution >= 4 is 21.4 Å². The number of sulfone groups is 1. The van der Waals surface area contributed by atoms with Crippen molar-refractivity contribution in [2.24, 2.45) is 0 Å². The Labute approximate surface area is 108 Å². The van der Waals surface area contributed by atoms with Crippen molar-refractivity contribution in [2.75, 3.05) is 11.6 Å². The van der Waals surface area contributed by atoms with Gasteiger partial charge in [-0.05, 0) is 19.1 Å². The molecule has 106 valence electrons. The molecular weight excluding hydrogens is 283 g/mol. The SMILES string of the molecule is CC(C(=O)Nc1ccccc1C(F)(F)F)S(C)(=O)=O. The second-order valence-corrected chi connectivity index (χ2v) is 6.37. The quantitative estimate of drug-likeness (QED) is 0.928. The third kappa shape index (κ3) is 3.95. The van der Waals surface area contributed by atoms with Crippen molar-refractivity contribution in [3.8, 4) is 0 Å². The van der Waals surface area contributed by atoms with Gasteiger partial charge in [0, 0.05) is 6.26 Å². The molecule has 0 radical (unpaired) electrons. The molecule has 0 bridgehead atoms. The molecule has 1 aromatic carbocycles. The maximum absolute atomic E-state index is 12.7. The first-order valence-corrected chi connectivity index (χ1v) is 7.15. The number of hydrogen-bond donors (Lipinski definition) is 1. The van der Waals surface area contributed by atoms with Gasteiger partial charge in [0.1, 0.15) is 5.25 Å². The van der Waals surface area contributed by atoms with Crippen molar-refractivity contribution in [1.82, 2.24) is 0 Å². The molecule has 0 saturated carbocycles. The van der Waals surface area contributed by atoms with Crippen LogP contribution < -0.4 is 5.32 Å². The Kier molecular flexibility index (Phi) is 4.24. The Morgan fingerprint density at radius 2 is 1.79 bits per heavy atom. The van der Waals surface area contributed by atoms with Crippen molar-refractivity contribution < 1.29 is 26.4 Å². The predicted octanol–water partition coefficient (Wildman–Crippen LogP) is 2.08. The number of halogens is 3. The first-order valence-electron chi connectivity index (χ1n) is 5.19. The number of rotatable bonds is 3. The van der Waals surface area contributed by atoms with Gasteiger partial charge in [-0.15, -0.1) is 0 Å². The van der Waals surface area contributed by atoms with Gasteiger partial charge in [-0.3, -0.25) is 4.79 Å². The van der Waals surface area contributed by atoms with E-state index >= 15 is 0 Å². The van der Waals surface area contributed by atoms with Crippen LogP contribution in [-0.2, 0) is 20.8 Å². The minimum Gasteiger partial charge on any atom is -0.324 e. The second-order valence-electron chi connectivity index (χ2n) is 4.00. The number of amides is 1. The molecule has 1 atom stereocenters. The first kappa shape index (κ1) is 15.5. The van der Waals surface area contributed by atoms with Gasteiger partial charge < -0.3 is 5.32 Å². The monoisotopic (exact) mass is 295 g/mol. The van der Waals surface area contributed by atoms with Gasteiger partial charge in [0.15, 0.2) is 9.84 Å². The lowest BCUT2D eigenvalue weighted by molar-refractivity contribution is -0.137. The Bertz CT molecular complexity index is 581. The molecule has 0 aliphatic heterocycles. The van der Waals surface area contributed by atoms with Crippen LogP contribution in [0, 0.1) is 0 Å². The van der Waals surface area contributed by atoms with Crippen LogP contribution in [0.1, 0.15) is 12.5 Å². The highest BCUT2D eigenvalue weighted by molar-refractivity contribution is 7.92. The minimum atomic E-state index is -4.63. The Morgan fingerprint density at radius 3 is 2.26 bits per heavy atom. The smallest absolute Gasteiger partial charge is 0.324 e. The van der Waals surface area contributed by atoms with Crippen molar-refractivity contribution in [3.05, 3.63) is 29.8 Å². The number of nitrogens with one attached hydrogen (secondary N) is 1. The van der Waals surface area contributed by atoms with E-state index in [0.29, 0.717) is 0 Å². The summed E-state index contributed by atoms with van der Waals surface area (Å²) in [5.74, 6) is -1.00. The molecule has 1 rings (SSSR count). The Hall–Kier alpha value is -1.57. The first-order chi connectivity index (χ1) is 8.53.